The van der Waals surface area contributed by atoms with Crippen LogP contribution < -0.4 is 26.1 Å². The van der Waals surface area contributed by atoms with E-state index in [9.17, 15) is 26.0 Å². The minimum Gasteiger partial charge on any atom is -0.446 e. The summed E-state index contributed by atoms with van der Waals surface area (Å²) < 4.78 is 84.7. The summed E-state index contributed by atoms with van der Waals surface area (Å²) in [6.07, 6.45) is -3.25. The molecular formula is C20H16F4N4O3S. The van der Waals surface area contributed by atoms with Crippen molar-refractivity contribution in [3.8, 4) is 0 Å². The zero-order chi connectivity index (χ0) is 23.1. The molecular weight excluding hydrogens is 452 g/mol. The Bertz CT molecular complexity index is 1380. The first-order chi connectivity index (χ1) is 15.0. The van der Waals surface area contributed by atoms with Crippen molar-refractivity contribution in [2.24, 2.45) is 10.7 Å². The topological polar surface area (TPSA) is 101 Å². The number of nitrogens with one attached hydrogen (secondary N) is 1. The molecule has 0 radical (unpaired) electrons. The fourth-order valence-electron chi connectivity index (χ4n) is 3.19. The molecule has 12 heteroatoms. The van der Waals surface area contributed by atoms with Crippen molar-refractivity contribution < 1.29 is 30.4 Å². The van der Waals surface area contributed by atoms with Crippen molar-refractivity contribution in [2.45, 2.75) is 11.9 Å². The van der Waals surface area contributed by atoms with Gasteiger partial charge in [-0.05, 0) is 48.5 Å². The van der Waals surface area contributed by atoms with Crippen molar-refractivity contribution in [3.63, 3.8) is 0 Å². The summed E-state index contributed by atoms with van der Waals surface area (Å²) >= 11 is 0. The smallest absolute Gasteiger partial charge is 0.416 e. The SMILES string of the molecule is NC1=c2ccoc2=NCN1c1ccc(NS(=O)(=O)Cc2cc(C(F)(F)F)ccc2F)cc1. The average Bonchev–Trinajstić information content (AvgIpc) is 3.19. The van der Waals surface area contributed by atoms with Gasteiger partial charge in [-0.15, -0.1) is 0 Å². The van der Waals surface area contributed by atoms with Crippen LogP contribution in [0.4, 0.5) is 28.9 Å². The highest BCUT2D eigenvalue weighted by atomic mass is 32.2. The van der Waals surface area contributed by atoms with Gasteiger partial charge in [0.25, 0.3) is 0 Å². The lowest BCUT2D eigenvalue weighted by atomic mass is 10.1. The Hall–Kier alpha value is -3.54. The summed E-state index contributed by atoms with van der Waals surface area (Å²) in [6, 6.07) is 9.40. The van der Waals surface area contributed by atoms with Gasteiger partial charge in [0.15, 0.2) is 0 Å². The Morgan fingerprint density at radius 3 is 2.53 bits per heavy atom. The third-order valence-electron chi connectivity index (χ3n) is 4.74. The van der Waals surface area contributed by atoms with E-state index in [4.69, 9.17) is 10.2 Å². The molecule has 0 amide bonds. The van der Waals surface area contributed by atoms with Gasteiger partial charge < -0.3 is 15.1 Å². The first-order valence-electron chi connectivity index (χ1n) is 9.15. The normalized spacial score (nSPS) is 14.1. The van der Waals surface area contributed by atoms with E-state index < -0.39 is 38.9 Å². The molecule has 4 rings (SSSR count). The van der Waals surface area contributed by atoms with Crippen LogP contribution in [0, 0.1) is 5.82 Å². The molecule has 0 fully saturated rings. The zero-order valence-electron chi connectivity index (χ0n) is 16.2. The van der Waals surface area contributed by atoms with E-state index in [-0.39, 0.29) is 12.4 Å². The lowest BCUT2D eigenvalue weighted by Gasteiger charge is -2.24. The lowest BCUT2D eigenvalue weighted by Crippen LogP contribution is -2.42. The van der Waals surface area contributed by atoms with Gasteiger partial charge in [0.1, 0.15) is 18.3 Å². The van der Waals surface area contributed by atoms with Gasteiger partial charge in [-0.2, -0.15) is 13.2 Å². The highest BCUT2D eigenvalue weighted by Crippen LogP contribution is 2.31. The Morgan fingerprint density at radius 1 is 1.12 bits per heavy atom. The number of furan rings is 1. The van der Waals surface area contributed by atoms with Gasteiger partial charge in [0, 0.05) is 16.9 Å². The van der Waals surface area contributed by atoms with Crippen LogP contribution in [0.1, 0.15) is 11.1 Å². The molecule has 0 saturated heterocycles. The van der Waals surface area contributed by atoms with Gasteiger partial charge in [0.2, 0.25) is 15.6 Å². The third-order valence-corrected chi connectivity index (χ3v) is 5.98. The second-order valence-electron chi connectivity index (χ2n) is 6.96. The van der Waals surface area contributed by atoms with Gasteiger partial charge in [-0.3, -0.25) is 4.72 Å². The number of hydrogen-bond donors (Lipinski definition) is 2. The fraction of sp³-hybridized carbons (Fsp3) is 0.150. The summed E-state index contributed by atoms with van der Waals surface area (Å²) in [5.74, 6) is -1.59. The number of nitrogens with zero attached hydrogens (tertiary/aromatic N) is 2. The van der Waals surface area contributed by atoms with E-state index in [1.54, 1.807) is 23.1 Å². The van der Waals surface area contributed by atoms with Crippen LogP contribution in [0.2, 0.25) is 0 Å². The van der Waals surface area contributed by atoms with Crippen molar-refractivity contribution >= 4 is 27.2 Å². The second kappa shape index (κ2) is 7.86. The summed E-state index contributed by atoms with van der Waals surface area (Å²) in [5.41, 5.74) is 5.63. The van der Waals surface area contributed by atoms with E-state index >= 15 is 0 Å². The average molecular weight is 468 g/mol. The molecule has 0 saturated carbocycles. The first-order valence-corrected chi connectivity index (χ1v) is 10.8. The Kier molecular flexibility index (Phi) is 5.33. The molecule has 3 aromatic rings. The number of nitrogens with two attached hydrogens (primary N) is 1. The maximum Gasteiger partial charge on any atom is 0.416 e. The number of sulfonamides is 1. The number of halogens is 4. The van der Waals surface area contributed by atoms with E-state index in [1.165, 1.54) is 18.4 Å². The molecule has 1 aromatic heterocycles. The molecule has 3 N–H and O–H groups in total. The molecule has 1 aliphatic heterocycles. The quantitative estimate of drug-likeness (QED) is 0.561. The molecule has 168 valence electrons. The van der Waals surface area contributed by atoms with Gasteiger partial charge in [-0.1, -0.05) is 0 Å². The van der Waals surface area contributed by atoms with Gasteiger partial charge in [0.05, 0.1) is 22.8 Å². The molecule has 0 spiro atoms. The summed E-state index contributed by atoms with van der Waals surface area (Å²) in [5, 5.41) is 0.629. The summed E-state index contributed by atoms with van der Waals surface area (Å²) in [4.78, 5) is 5.94. The van der Waals surface area contributed by atoms with Crippen LogP contribution >= 0.6 is 0 Å². The third kappa shape index (κ3) is 4.40. The molecule has 0 bridgehead atoms. The number of benzene rings is 2. The molecule has 7 nitrogen and oxygen atoms in total. The van der Waals surface area contributed by atoms with Crippen molar-refractivity contribution in [1.29, 1.82) is 0 Å². The summed E-state index contributed by atoms with van der Waals surface area (Å²) in [6.45, 7) is 0.201. The van der Waals surface area contributed by atoms with Gasteiger partial charge in [-0.25, -0.2) is 17.8 Å². The zero-order valence-corrected chi connectivity index (χ0v) is 17.0. The van der Waals surface area contributed by atoms with Crippen LogP contribution in [-0.4, -0.2) is 15.1 Å². The number of anilines is 2. The van der Waals surface area contributed by atoms with E-state index in [1.807, 2.05) is 0 Å². The first kappa shape index (κ1) is 21.7. The van der Waals surface area contributed by atoms with Gasteiger partial charge >= 0.3 is 6.18 Å². The second-order valence-corrected chi connectivity index (χ2v) is 8.69. The monoisotopic (exact) mass is 468 g/mol. The number of rotatable bonds is 5. The van der Waals surface area contributed by atoms with Crippen LogP contribution in [-0.2, 0) is 22.0 Å². The maximum atomic E-state index is 13.9. The highest BCUT2D eigenvalue weighted by Gasteiger charge is 2.31. The molecule has 32 heavy (non-hydrogen) atoms. The maximum absolute atomic E-state index is 13.9. The van der Waals surface area contributed by atoms with Crippen LogP contribution in [0.15, 0.2) is 64.2 Å². The van der Waals surface area contributed by atoms with E-state index in [0.717, 1.165) is 0 Å². The molecule has 1 aliphatic rings. The fourth-order valence-corrected chi connectivity index (χ4v) is 4.39. The number of alkyl halides is 3. The van der Waals surface area contributed by atoms with Crippen molar-refractivity contribution in [1.82, 2.24) is 0 Å². The Morgan fingerprint density at radius 2 is 1.84 bits per heavy atom. The molecule has 2 aromatic carbocycles. The van der Waals surface area contributed by atoms with Crippen LogP contribution in [0.5, 0.6) is 0 Å². The predicted octanol–water partition coefficient (Wildman–Crippen LogP) is 2.50. The van der Waals surface area contributed by atoms with Crippen molar-refractivity contribution in [2.75, 3.05) is 16.3 Å². The summed E-state index contributed by atoms with van der Waals surface area (Å²) in [7, 11) is -4.19. The largest absolute Gasteiger partial charge is 0.446 e. The predicted molar refractivity (Wildman–Crippen MR) is 109 cm³/mol. The Labute approximate surface area is 179 Å². The molecule has 2 heterocycles. The lowest BCUT2D eigenvalue weighted by molar-refractivity contribution is -0.137. The van der Waals surface area contributed by atoms with E-state index in [0.29, 0.717) is 40.5 Å². The minimum atomic E-state index is -4.72. The standard InChI is InChI=1S/C20H16F4N4O3S/c21-17-6-1-13(20(22,23)24)9-12(17)10-32(29,30)27-14-2-4-15(5-3-14)28-11-26-19-16(18(28)25)7-8-31-19/h1-9,27H,10-11,25H2. The molecule has 0 unspecified atom stereocenters. The Balaban J connectivity index is 1.51. The van der Waals surface area contributed by atoms with Crippen molar-refractivity contribution in [3.05, 3.63) is 82.5 Å². The molecule has 0 atom stereocenters. The number of fused-ring (bicyclic) bond motifs is 1. The molecule has 0 aliphatic carbocycles. The van der Waals surface area contributed by atoms with Crippen LogP contribution in [0.25, 0.3) is 5.82 Å². The highest BCUT2D eigenvalue weighted by molar-refractivity contribution is 7.91. The van der Waals surface area contributed by atoms with E-state index in [2.05, 4.69) is 9.71 Å². The number of hydrogen-bond acceptors (Lipinski definition) is 6. The van der Waals surface area contributed by atoms with Crippen LogP contribution in [0.3, 0.4) is 0 Å². The minimum absolute atomic E-state index is 0.151.